The highest BCUT2D eigenvalue weighted by molar-refractivity contribution is 5.50. The van der Waals surface area contributed by atoms with Crippen molar-refractivity contribution in [3.8, 4) is 5.69 Å². The second-order valence-electron chi connectivity index (χ2n) is 3.80. The lowest BCUT2D eigenvalue weighted by molar-refractivity contribution is 0.742. The van der Waals surface area contributed by atoms with Crippen molar-refractivity contribution in [2.45, 2.75) is 26.7 Å². The average Bonchev–Trinajstić information content (AvgIpc) is 2.67. The lowest BCUT2D eigenvalue weighted by Gasteiger charge is -2.07. The summed E-state index contributed by atoms with van der Waals surface area (Å²) in [5, 5.41) is 11.7. The molecule has 5 heteroatoms. The zero-order valence-electron chi connectivity index (χ0n) is 9.51. The van der Waals surface area contributed by atoms with Crippen molar-refractivity contribution < 1.29 is 0 Å². The van der Waals surface area contributed by atoms with E-state index in [1.807, 2.05) is 25.1 Å². The summed E-state index contributed by atoms with van der Waals surface area (Å²) < 4.78 is 1.78. The summed E-state index contributed by atoms with van der Waals surface area (Å²) in [7, 11) is 0. The van der Waals surface area contributed by atoms with Crippen LogP contribution in [0.1, 0.15) is 24.7 Å². The van der Waals surface area contributed by atoms with Crippen molar-refractivity contribution in [2.24, 2.45) is 0 Å². The number of aromatic nitrogens is 4. The molecule has 0 spiro atoms. The standard InChI is InChI=1S/C11H15N5/c1-3-4-11-13-14-15-16(11)10-6-5-9(12)7-8(10)2/h5-7H,3-4,12H2,1-2H3. The van der Waals surface area contributed by atoms with E-state index in [4.69, 9.17) is 5.73 Å². The first-order valence-corrected chi connectivity index (χ1v) is 5.36. The van der Waals surface area contributed by atoms with Gasteiger partial charge in [-0.3, -0.25) is 0 Å². The average molecular weight is 217 g/mol. The van der Waals surface area contributed by atoms with E-state index in [1.165, 1.54) is 0 Å². The van der Waals surface area contributed by atoms with Crippen LogP contribution < -0.4 is 5.73 Å². The summed E-state index contributed by atoms with van der Waals surface area (Å²) >= 11 is 0. The Kier molecular flexibility index (Phi) is 2.85. The van der Waals surface area contributed by atoms with Crippen LogP contribution in [0.25, 0.3) is 5.69 Å². The molecule has 1 aromatic carbocycles. The molecule has 2 N–H and O–H groups in total. The normalized spacial score (nSPS) is 10.6. The number of aryl methyl sites for hydroxylation is 2. The third-order valence-corrected chi connectivity index (χ3v) is 2.46. The van der Waals surface area contributed by atoms with Crippen LogP contribution in [0.4, 0.5) is 5.69 Å². The molecule has 0 radical (unpaired) electrons. The zero-order valence-corrected chi connectivity index (χ0v) is 9.51. The van der Waals surface area contributed by atoms with Crippen LogP contribution in [-0.2, 0) is 6.42 Å². The van der Waals surface area contributed by atoms with Gasteiger partial charge in [0, 0.05) is 12.1 Å². The fraction of sp³-hybridized carbons (Fsp3) is 0.364. The van der Waals surface area contributed by atoms with Gasteiger partial charge in [0.1, 0.15) is 0 Å². The summed E-state index contributed by atoms with van der Waals surface area (Å²) in [5.41, 5.74) is 8.53. The number of rotatable bonds is 3. The Morgan fingerprint density at radius 3 is 2.88 bits per heavy atom. The van der Waals surface area contributed by atoms with Gasteiger partial charge in [-0.05, 0) is 47.5 Å². The Labute approximate surface area is 94.3 Å². The maximum atomic E-state index is 5.72. The maximum Gasteiger partial charge on any atom is 0.156 e. The van der Waals surface area contributed by atoms with Gasteiger partial charge in [0.15, 0.2) is 5.82 Å². The van der Waals surface area contributed by atoms with Crippen LogP contribution in [-0.4, -0.2) is 20.2 Å². The highest BCUT2D eigenvalue weighted by Gasteiger charge is 2.09. The molecule has 0 fully saturated rings. The molecule has 1 aromatic heterocycles. The van der Waals surface area contributed by atoms with Gasteiger partial charge in [-0.25, -0.2) is 0 Å². The SMILES string of the molecule is CCCc1nnnn1-c1ccc(N)cc1C. The number of tetrazole rings is 1. The Balaban J connectivity index is 2.46. The molecule has 0 aliphatic carbocycles. The van der Waals surface area contributed by atoms with E-state index >= 15 is 0 Å². The molecule has 2 aromatic rings. The molecule has 0 bridgehead atoms. The predicted octanol–water partition coefficient (Wildman–Crippen LogP) is 1.51. The smallest absolute Gasteiger partial charge is 0.156 e. The zero-order chi connectivity index (χ0) is 11.5. The number of benzene rings is 1. The summed E-state index contributed by atoms with van der Waals surface area (Å²) in [6.45, 7) is 4.11. The van der Waals surface area contributed by atoms with E-state index < -0.39 is 0 Å². The van der Waals surface area contributed by atoms with E-state index in [9.17, 15) is 0 Å². The quantitative estimate of drug-likeness (QED) is 0.791. The molecule has 0 aliphatic rings. The molecule has 0 unspecified atom stereocenters. The van der Waals surface area contributed by atoms with Gasteiger partial charge >= 0.3 is 0 Å². The van der Waals surface area contributed by atoms with Gasteiger partial charge in [-0.2, -0.15) is 4.68 Å². The van der Waals surface area contributed by atoms with Crippen molar-refractivity contribution in [2.75, 3.05) is 5.73 Å². The fourth-order valence-electron chi connectivity index (χ4n) is 1.69. The summed E-state index contributed by atoms with van der Waals surface area (Å²) in [5.74, 6) is 0.885. The summed E-state index contributed by atoms with van der Waals surface area (Å²) in [6, 6.07) is 5.73. The van der Waals surface area contributed by atoms with Crippen LogP contribution in [0, 0.1) is 6.92 Å². The minimum atomic E-state index is 0.756. The molecule has 1 heterocycles. The minimum Gasteiger partial charge on any atom is -0.399 e. The number of nitrogens with two attached hydrogens (primary N) is 1. The number of hydrogen-bond acceptors (Lipinski definition) is 4. The van der Waals surface area contributed by atoms with E-state index in [-0.39, 0.29) is 0 Å². The van der Waals surface area contributed by atoms with E-state index in [1.54, 1.807) is 4.68 Å². The first kappa shape index (κ1) is 10.6. The molecule has 0 amide bonds. The van der Waals surface area contributed by atoms with Crippen molar-refractivity contribution in [1.29, 1.82) is 0 Å². The van der Waals surface area contributed by atoms with Crippen molar-refractivity contribution in [3.63, 3.8) is 0 Å². The maximum absolute atomic E-state index is 5.72. The molecule has 16 heavy (non-hydrogen) atoms. The highest BCUT2D eigenvalue weighted by atomic mass is 15.5. The van der Waals surface area contributed by atoms with E-state index in [0.29, 0.717) is 0 Å². The van der Waals surface area contributed by atoms with E-state index in [0.717, 1.165) is 35.6 Å². The van der Waals surface area contributed by atoms with Crippen molar-refractivity contribution >= 4 is 5.69 Å². The lowest BCUT2D eigenvalue weighted by atomic mass is 10.2. The Morgan fingerprint density at radius 1 is 1.38 bits per heavy atom. The van der Waals surface area contributed by atoms with Gasteiger partial charge < -0.3 is 5.73 Å². The first-order chi connectivity index (χ1) is 7.72. The largest absolute Gasteiger partial charge is 0.399 e. The number of anilines is 1. The van der Waals surface area contributed by atoms with Gasteiger partial charge in [0.2, 0.25) is 0 Å². The Hall–Kier alpha value is -1.91. The van der Waals surface area contributed by atoms with Crippen LogP contribution >= 0.6 is 0 Å². The third-order valence-electron chi connectivity index (χ3n) is 2.46. The minimum absolute atomic E-state index is 0.756. The van der Waals surface area contributed by atoms with Crippen LogP contribution in [0.5, 0.6) is 0 Å². The molecular formula is C11H15N5. The molecule has 84 valence electrons. The Bertz CT molecular complexity index is 489. The molecule has 0 saturated heterocycles. The van der Waals surface area contributed by atoms with Gasteiger partial charge in [0.25, 0.3) is 0 Å². The first-order valence-electron chi connectivity index (χ1n) is 5.36. The van der Waals surface area contributed by atoms with Crippen LogP contribution in [0.3, 0.4) is 0 Å². The third kappa shape index (κ3) is 1.88. The topological polar surface area (TPSA) is 69.6 Å². The van der Waals surface area contributed by atoms with Crippen molar-refractivity contribution in [1.82, 2.24) is 20.2 Å². The summed E-state index contributed by atoms with van der Waals surface area (Å²) in [6.07, 6.45) is 1.89. The van der Waals surface area contributed by atoms with Gasteiger partial charge in [0.05, 0.1) is 5.69 Å². The van der Waals surface area contributed by atoms with Gasteiger partial charge in [-0.15, -0.1) is 5.10 Å². The highest BCUT2D eigenvalue weighted by Crippen LogP contribution is 2.17. The fourth-order valence-corrected chi connectivity index (χ4v) is 1.69. The molecule has 0 atom stereocenters. The molecule has 0 saturated carbocycles. The number of nitrogens with zero attached hydrogens (tertiary/aromatic N) is 4. The monoisotopic (exact) mass is 217 g/mol. The summed E-state index contributed by atoms with van der Waals surface area (Å²) in [4.78, 5) is 0. The van der Waals surface area contributed by atoms with Crippen LogP contribution in [0.2, 0.25) is 0 Å². The predicted molar refractivity (Wildman–Crippen MR) is 62.3 cm³/mol. The molecule has 0 aliphatic heterocycles. The number of nitrogen functional groups attached to an aromatic ring is 1. The van der Waals surface area contributed by atoms with Gasteiger partial charge in [-0.1, -0.05) is 6.92 Å². The van der Waals surface area contributed by atoms with Crippen molar-refractivity contribution in [3.05, 3.63) is 29.6 Å². The molecular weight excluding hydrogens is 202 g/mol. The Morgan fingerprint density at radius 2 is 2.19 bits per heavy atom. The lowest BCUT2D eigenvalue weighted by Crippen LogP contribution is -2.05. The molecule has 5 nitrogen and oxygen atoms in total. The second-order valence-corrected chi connectivity index (χ2v) is 3.80. The van der Waals surface area contributed by atoms with E-state index in [2.05, 4.69) is 22.4 Å². The number of hydrogen-bond donors (Lipinski definition) is 1. The van der Waals surface area contributed by atoms with Crippen LogP contribution in [0.15, 0.2) is 18.2 Å². The molecule has 2 rings (SSSR count). The second kappa shape index (κ2) is 4.30.